The van der Waals surface area contributed by atoms with E-state index in [1.165, 1.54) is 12.5 Å². The molecule has 0 radical (unpaired) electrons. The van der Waals surface area contributed by atoms with Crippen LogP contribution in [0.15, 0.2) is 40.7 Å². The average molecular weight is 188 g/mol. The summed E-state index contributed by atoms with van der Waals surface area (Å²) in [6.07, 6.45) is 6.21. The normalized spacial score (nSPS) is 16.6. The van der Waals surface area contributed by atoms with E-state index in [0.29, 0.717) is 16.7 Å². The van der Waals surface area contributed by atoms with Gasteiger partial charge in [0.15, 0.2) is 0 Å². The van der Waals surface area contributed by atoms with Crippen molar-refractivity contribution in [2.75, 3.05) is 0 Å². The highest BCUT2D eigenvalue weighted by atomic mass is 16.3. The first kappa shape index (κ1) is 8.69. The lowest BCUT2D eigenvalue weighted by atomic mass is 9.93. The Hall–Kier alpha value is -1.90. The molecule has 70 valence electrons. The Morgan fingerprint density at radius 1 is 1.14 bits per heavy atom. The topological polar surface area (TPSA) is 47.3 Å². The van der Waals surface area contributed by atoms with Crippen molar-refractivity contribution < 1.29 is 14.0 Å². The van der Waals surface area contributed by atoms with Crippen molar-refractivity contribution in [2.24, 2.45) is 0 Å². The Morgan fingerprint density at radius 3 is 2.57 bits per heavy atom. The van der Waals surface area contributed by atoms with Crippen molar-refractivity contribution in [3.63, 3.8) is 0 Å². The van der Waals surface area contributed by atoms with Gasteiger partial charge in [-0.25, -0.2) is 0 Å². The van der Waals surface area contributed by atoms with Crippen LogP contribution in [0.4, 0.5) is 0 Å². The third-order valence-corrected chi connectivity index (χ3v) is 2.14. The fourth-order valence-corrected chi connectivity index (χ4v) is 1.31. The van der Waals surface area contributed by atoms with Gasteiger partial charge in [-0.15, -0.1) is 0 Å². The number of ketones is 2. The zero-order valence-electron chi connectivity index (χ0n) is 7.61. The summed E-state index contributed by atoms with van der Waals surface area (Å²) in [5.41, 5.74) is 1.52. The molecule has 1 aromatic rings. The Kier molecular flexibility index (Phi) is 1.93. The standard InChI is InChI=1S/C11H8O3/c1-7-2-3-9(11(13)10(7)12)8-4-5-14-6-8/h2-6H,1H3. The van der Waals surface area contributed by atoms with Crippen molar-refractivity contribution in [2.45, 2.75) is 6.92 Å². The van der Waals surface area contributed by atoms with Crippen LogP contribution >= 0.6 is 0 Å². The highest BCUT2D eigenvalue weighted by Gasteiger charge is 2.24. The second kappa shape index (κ2) is 3.10. The van der Waals surface area contributed by atoms with E-state index in [1.54, 1.807) is 25.1 Å². The molecule has 1 heterocycles. The minimum atomic E-state index is -0.466. The molecule has 0 amide bonds. The molecule has 0 saturated carbocycles. The molecule has 1 aliphatic carbocycles. The highest BCUT2D eigenvalue weighted by molar-refractivity contribution is 6.59. The lowest BCUT2D eigenvalue weighted by molar-refractivity contribution is -0.131. The first-order chi connectivity index (χ1) is 6.70. The summed E-state index contributed by atoms with van der Waals surface area (Å²) in [5, 5.41) is 0. The van der Waals surface area contributed by atoms with E-state index in [0.717, 1.165) is 0 Å². The van der Waals surface area contributed by atoms with Crippen LogP contribution in [0.2, 0.25) is 0 Å². The van der Waals surface area contributed by atoms with Crippen LogP contribution < -0.4 is 0 Å². The van der Waals surface area contributed by atoms with Gasteiger partial charge in [0, 0.05) is 16.7 Å². The van der Waals surface area contributed by atoms with Crippen LogP contribution in [0.5, 0.6) is 0 Å². The molecule has 0 bridgehead atoms. The van der Waals surface area contributed by atoms with Crippen LogP contribution in [0.3, 0.4) is 0 Å². The van der Waals surface area contributed by atoms with Crippen molar-refractivity contribution in [3.05, 3.63) is 41.9 Å². The van der Waals surface area contributed by atoms with Gasteiger partial charge in [-0.1, -0.05) is 6.08 Å². The maximum absolute atomic E-state index is 11.5. The number of allylic oxidation sites excluding steroid dienone is 4. The average Bonchev–Trinajstić information content (AvgIpc) is 2.67. The van der Waals surface area contributed by atoms with E-state index < -0.39 is 11.6 Å². The third-order valence-electron chi connectivity index (χ3n) is 2.14. The summed E-state index contributed by atoms with van der Waals surface area (Å²) in [7, 11) is 0. The molecule has 0 unspecified atom stereocenters. The second-order valence-corrected chi connectivity index (χ2v) is 3.10. The van der Waals surface area contributed by atoms with Crippen LogP contribution in [0.25, 0.3) is 5.57 Å². The Morgan fingerprint density at radius 2 is 1.93 bits per heavy atom. The number of hydrogen-bond donors (Lipinski definition) is 0. The SMILES string of the molecule is CC1=CC=C(c2ccoc2)C(=O)C1=O. The number of carbonyl (C=O) groups excluding carboxylic acids is 2. The minimum absolute atomic E-state index is 0.398. The first-order valence-corrected chi connectivity index (χ1v) is 4.20. The Balaban J connectivity index is 2.48. The van der Waals surface area contributed by atoms with Crippen molar-refractivity contribution in [1.29, 1.82) is 0 Å². The molecule has 2 rings (SSSR count). The van der Waals surface area contributed by atoms with E-state index in [-0.39, 0.29) is 0 Å². The zero-order chi connectivity index (χ0) is 10.1. The van der Waals surface area contributed by atoms with E-state index >= 15 is 0 Å². The molecule has 0 spiro atoms. The molecule has 0 atom stereocenters. The molecular formula is C11H8O3. The minimum Gasteiger partial charge on any atom is -0.472 e. The van der Waals surface area contributed by atoms with Crippen molar-refractivity contribution in [1.82, 2.24) is 0 Å². The van der Waals surface area contributed by atoms with Gasteiger partial charge in [0.25, 0.3) is 0 Å². The molecular weight excluding hydrogens is 180 g/mol. The molecule has 0 saturated heterocycles. The van der Waals surface area contributed by atoms with Gasteiger partial charge < -0.3 is 4.42 Å². The van der Waals surface area contributed by atoms with Gasteiger partial charge in [-0.2, -0.15) is 0 Å². The van der Waals surface area contributed by atoms with E-state index in [9.17, 15) is 9.59 Å². The third kappa shape index (κ3) is 1.23. The van der Waals surface area contributed by atoms with E-state index in [1.807, 2.05) is 0 Å². The molecule has 0 aromatic carbocycles. The van der Waals surface area contributed by atoms with E-state index in [2.05, 4.69) is 0 Å². The molecule has 1 aliphatic rings. The molecule has 3 nitrogen and oxygen atoms in total. The lowest BCUT2D eigenvalue weighted by Crippen LogP contribution is -2.18. The molecule has 14 heavy (non-hydrogen) atoms. The van der Waals surface area contributed by atoms with Crippen LogP contribution in [-0.4, -0.2) is 11.6 Å². The van der Waals surface area contributed by atoms with Gasteiger partial charge >= 0.3 is 0 Å². The van der Waals surface area contributed by atoms with E-state index in [4.69, 9.17) is 4.42 Å². The smallest absolute Gasteiger partial charge is 0.233 e. The molecule has 1 aromatic heterocycles. The maximum Gasteiger partial charge on any atom is 0.233 e. The monoisotopic (exact) mass is 188 g/mol. The fraction of sp³-hybridized carbons (Fsp3) is 0.0909. The van der Waals surface area contributed by atoms with Crippen LogP contribution in [-0.2, 0) is 9.59 Å². The summed E-state index contributed by atoms with van der Waals surface area (Å²) in [5.74, 6) is -0.907. The largest absolute Gasteiger partial charge is 0.472 e. The van der Waals surface area contributed by atoms with Crippen molar-refractivity contribution >= 4 is 17.1 Å². The van der Waals surface area contributed by atoms with Crippen LogP contribution in [0, 0.1) is 0 Å². The molecule has 0 N–H and O–H groups in total. The maximum atomic E-state index is 11.5. The predicted octanol–water partition coefficient (Wildman–Crippen LogP) is 1.76. The Bertz CT molecular complexity index is 447. The number of carbonyl (C=O) groups is 2. The van der Waals surface area contributed by atoms with Gasteiger partial charge in [0.2, 0.25) is 11.6 Å². The summed E-state index contributed by atoms with van der Waals surface area (Å²) in [4.78, 5) is 22.9. The summed E-state index contributed by atoms with van der Waals surface area (Å²) in [6.45, 7) is 1.63. The highest BCUT2D eigenvalue weighted by Crippen LogP contribution is 2.21. The molecule has 0 aliphatic heterocycles. The zero-order valence-corrected chi connectivity index (χ0v) is 7.61. The summed E-state index contributed by atoms with van der Waals surface area (Å²) in [6, 6.07) is 1.66. The Labute approximate surface area is 80.7 Å². The van der Waals surface area contributed by atoms with Gasteiger partial charge in [-0.3, -0.25) is 9.59 Å². The number of rotatable bonds is 1. The van der Waals surface area contributed by atoms with Gasteiger partial charge in [0.1, 0.15) is 0 Å². The van der Waals surface area contributed by atoms with Crippen LogP contribution in [0.1, 0.15) is 12.5 Å². The first-order valence-electron chi connectivity index (χ1n) is 4.20. The number of hydrogen-bond acceptors (Lipinski definition) is 3. The quantitative estimate of drug-likeness (QED) is 0.498. The summed E-state index contributed by atoms with van der Waals surface area (Å²) < 4.78 is 4.85. The number of Topliss-reactive ketones (excluding diaryl/α,β-unsaturated/α-hetero) is 2. The predicted molar refractivity (Wildman–Crippen MR) is 50.5 cm³/mol. The van der Waals surface area contributed by atoms with Gasteiger partial charge in [0.05, 0.1) is 12.5 Å². The van der Waals surface area contributed by atoms with Gasteiger partial charge in [-0.05, 0) is 19.1 Å². The summed E-state index contributed by atoms with van der Waals surface area (Å²) >= 11 is 0. The molecule has 3 heteroatoms. The lowest BCUT2D eigenvalue weighted by Gasteiger charge is -2.07. The van der Waals surface area contributed by atoms with Crippen molar-refractivity contribution in [3.8, 4) is 0 Å². The molecule has 0 fully saturated rings. The second-order valence-electron chi connectivity index (χ2n) is 3.10. The number of furan rings is 1. The fourth-order valence-electron chi connectivity index (χ4n) is 1.31.